The van der Waals surface area contributed by atoms with Crippen LogP contribution >= 0.6 is 0 Å². The fourth-order valence-electron chi connectivity index (χ4n) is 2.89. The Morgan fingerprint density at radius 2 is 2.29 bits per heavy atom. The van der Waals surface area contributed by atoms with Crippen molar-refractivity contribution in [3.63, 3.8) is 0 Å². The predicted molar refractivity (Wildman–Crippen MR) is 65.7 cm³/mol. The zero-order chi connectivity index (χ0) is 12.4. The molecule has 0 radical (unpaired) electrons. The Bertz CT molecular complexity index is 283. The number of carbonyl (C=O) groups excluding carboxylic acids is 1. The van der Waals surface area contributed by atoms with Crippen LogP contribution < -0.4 is 5.32 Å². The Labute approximate surface area is 103 Å². The maximum absolute atomic E-state index is 11.2. The van der Waals surface area contributed by atoms with Gasteiger partial charge in [0.25, 0.3) is 0 Å². The van der Waals surface area contributed by atoms with Gasteiger partial charge in [-0.25, -0.2) is 0 Å². The third kappa shape index (κ3) is 3.40. The van der Waals surface area contributed by atoms with Gasteiger partial charge in [-0.3, -0.25) is 9.69 Å². The molecule has 0 aromatic heterocycles. The lowest BCUT2D eigenvalue weighted by Crippen LogP contribution is -2.44. The SMILES string of the molecule is CN(C)CC1CC(O)CN1CC1CCC(=O)N1. The Kier molecular flexibility index (Phi) is 4.01. The zero-order valence-corrected chi connectivity index (χ0v) is 10.7. The number of β-amino-alcohol motifs (C(OH)–C–C–N with tert-alkyl or cyclic N) is 1. The smallest absolute Gasteiger partial charge is 0.220 e. The van der Waals surface area contributed by atoms with Crippen LogP contribution in [0.25, 0.3) is 0 Å². The van der Waals surface area contributed by atoms with Gasteiger partial charge in [0.05, 0.1) is 6.10 Å². The molecule has 0 bridgehead atoms. The van der Waals surface area contributed by atoms with Crippen molar-refractivity contribution < 1.29 is 9.90 Å². The third-order valence-corrected chi connectivity index (χ3v) is 3.62. The molecule has 0 aromatic carbocycles. The van der Waals surface area contributed by atoms with Crippen LogP contribution in [-0.2, 0) is 4.79 Å². The standard InChI is InChI=1S/C12H23N3O2/c1-14(2)7-10-5-11(16)8-15(10)6-9-3-4-12(17)13-9/h9-11,16H,3-8H2,1-2H3,(H,13,17). The van der Waals surface area contributed by atoms with Gasteiger partial charge in [0.15, 0.2) is 0 Å². The van der Waals surface area contributed by atoms with Gasteiger partial charge in [-0.15, -0.1) is 0 Å². The van der Waals surface area contributed by atoms with Crippen molar-refractivity contribution in [1.82, 2.24) is 15.1 Å². The van der Waals surface area contributed by atoms with Crippen molar-refractivity contribution in [3.05, 3.63) is 0 Å². The highest BCUT2D eigenvalue weighted by molar-refractivity contribution is 5.78. The van der Waals surface area contributed by atoms with Gasteiger partial charge in [-0.1, -0.05) is 0 Å². The first kappa shape index (κ1) is 12.8. The van der Waals surface area contributed by atoms with Gasteiger partial charge in [0.2, 0.25) is 5.91 Å². The minimum absolute atomic E-state index is 0.166. The van der Waals surface area contributed by atoms with Crippen LogP contribution in [0, 0.1) is 0 Å². The van der Waals surface area contributed by atoms with E-state index in [0.29, 0.717) is 12.5 Å². The van der Waals surface area contributed by atoms with Crippen LogP contribution in [0.5, 0.6) is 0 Å². The number of hydrogen-bond donors (Lipinski definition) is 2. The molecule has 0 aliphatic carbocycles. The first-order valence-electron chi connectivity index (χ1n) is 6.41. The molecule has 1 amide bonds. The van der Waals surface area contributed by atoms with E-state index in [1.807, 2.05) is 0 Å². The van der Waals surface area contributed by atoms with Crippen LogP contribution in [0.4, 0.5) is 0 Å². The van der Waals surface area contributed by atoms with Crippen molar-refractivity contribution in [2.24, 2.45) is 0 Å². The van der Waals surface area contributed by atoms with Gasteiger partial charge < -0.3 is 15.3 Å². The Morgan fingerprint density at radius 3 is 2.88 bits per heavy atom. The number of likely N-dealkylation sites (tertiary alicyclic amines) is 1. The minimum Gasteiger partial charge on any atom is -0.392 e. The summed E-state index contributed by atoms with van der Waals surface area (Å²) in [6.45, 7) is 2.59. The molecular weight excluding hydrogens is 218 g/mol. The summed E-state index contributed by atoms with van der Waals surface area (Å²) in [5.41, 5.74) is 0. The normalized spacial score (nSPS) is 34.6. The van der Waals surface area contributed by atoms with E-state index < -0.39 is 0 Å². The molecule has 2 N–H and O–H groups in total. The number of aliphatic hydroxyl groups excluding tert-OH is 1. The second-order valence-corrected chi connectivity index (χ2v) is 5.56. The minimum atomic E-state index is -0.211. The van der Waals surface area contributed by atoms with Gasteiger partial charge in [0, 0.05) is 38.1 Å². The predicted octanol–water partition coefficient (Wildman–Crippen LogP) is -0.738. The van der Waals surface area contributed by atoms with E-state index in [0.717, 1.165) is 32.5 Å². The number of likely N-dealkylation sites (N-methyl/N-ethyl adjacent to an activating group) is 1. The van der Waals surface area contributed by atoms with Crippen molar-refractivity contribution in [2.45, 2.75) is 37.5 Å². The maximum atomic E-state index is 11.2. The van der Waals surface area contributed by atoms with Gasteiger partial charge in [0.1, 0.15) is 0 Å². The number of amides is 1. The van der Waals surface area contributed by atoms with Crippen molar-refractivity contribution in [1.29, 1.82) is 0 Å². The highest BCUT2D eigenvalue weighted by Crippen LogP contribution is 2.20. The third-order valence-electron chi connectivity index (χ3n) is 3.62. The molecule has 2 heterocycles. The highest BCUT2D eigenvalue weighted by Gasteiger charge is 2.33. The number of nitrogens with zero attached hydrogens (tertiary/aromatic N) is 2. The molecule has 2 fully saturated rings. The zero-order valence-electron chi connectivity index (χ0n) is 10.7. The molecule has 2 saturated heterocycles. The fraction of sp³-hybridized carbons (Fsp3) is 0.917. The molecule has 5 nitrogen and oxygen atoms in total. The Balaban J connectivity index is 1.87. The summed E-state index contributed by atoms with van der Waals surface area (Å²) in [5.74, 6) is 0.166. The number of carbonyl (C=O) groups is 1. The summed E-state index contributed by atoms with van der Waals surface area (Å²) in [6, 6.07) is 0.690. The van der Waals surface area contributed by atoms with Gasteiger partial charge >= 0.3 is 0 Å². The molecule has 3 unspecified atom stereocenters. The summed E-state index contributed by atoms with van der Waals surface area (Å²) < 4.78 is 0. The van der Waals surface area contributed by atoms with E-state index in [1.165, 1.54) is 0 Å². The van der Waals surface area contributed by atoms with Crippen molar-refractivity contribution in [2.75, 3.05) is 33.7 Å². The molecule has 5 heteroatoms. The number of nitrogens with one attached hydrogen (secondary N) is 1. The average molecular weight is 241 g/mol. The molecule has 2 rings (SSSR count). The number of aliphatic hydroxyl groups is 1. The lowest BCUT2D eigenvalue weighted by molar-refractivity contribution is -0.119. The first-order valence-corrected chi connectivity index (χ1v) is 6.41. The van der Waals surface area contributed by atoms with Gasteiger partial charge in [-0.05, 0) is 26.9 Å². The van der Waals surface area contributed by atoms with E-state index in [9.17, 15) is 9.90 Å². The molecule has 17 heavy (non-hydrogen) atoms. The molecule has 2 aliphatic rings. The molecule has 98 valence electrons. The first-order chi connectivity index (χ1) is 8.04. The average Bonchev–Trinajstić information content (AvgIpc) is 2.74. The van der Waals surface area contributed by atoms with Crippen LogP contribution in [0.3, 0.4) is 0 Å². The topological polar surface area (TPSA) is 55.8 Å². The van der Waals surface area contributed by atoms with Crippen molar-refractivity contribution in [3.8, 4) is 0 Å². The number of hydrogen-bond acceptors (Lipinski definition) is 4. The summed E-state index contributed by atoms with van der Waals surface area (Å²) >= 11 is 0. The van der Waals surface area contributed by atoms with Crippen LogP contribution in [-0.4, -0.2) is 72.7 Å². The Morgan fingerprint density at radius 1 is 1.53 bits per heavy atom. The summed E-state index contributed by atoms with van der Waals surface area (Å²) in [5, 5.41) is 12.8. The van der Waals surface area contributed by atoms with E-state index in [2.05, 4.69) is 29.2 Å². The largest absolute Gasteiger partial charge is 0.392 e. The van der Waals surface area contributed by atoms with E-state index >= 15 is 0 Å². The Hall–Kier alpha value is -0.650. The molecule has 0 aromatic rings. The second-order valence-electron chi connectivity index (χ2n) is 5.56. The van der Waals surface area contributed by atoms with Crippen LogP contribution in [0.15, 0.2) is 0 Å². The molecule has 0 spiro atoms. The molecule has 0 saturated carbocycles. The molecular formula is C12H23N3O2. The van der Waals surface area contributed by atoms with Crippen molar-refractivity contribution >= 4 is 5.91 Å². The summed E-state index contributed by atoms with van der Waals surface area (Å²) in [6.07, 6.45) is 2.22. The summed E-state index contributed by atoms with van der Waals surface area (Å²) in [4.78, 5) is 15.6. The quantitative estimate of drug-likeness (QED) is 0.681. The summed E-state index contributed by atoms with van der Waals surface area (Å²) in [7, 11) is 4.11. The molecule has 3 atom stereocenters. The lowest BCUT2D eigenvalue weighted by atomic mass is 10.1. The van der Waals surface area contributed by atoms with E-state index in [1.54, 1.807) is 0 Å². The van der Waals surface area contributed by atoms with Crippen LogP contribution in [0.2, 0.25) is 0 Å². The monoisotopic (exact) mass is 241 g/mol. The lowest BCUT2D eigenvalue weighted by Gasteiger charge is -2.28. The number of rotatable bonds is 4. The van der Waals surface area contributed by atoms with E-state index in [-0.39, 0.29) is 18.1 Å². The fourth-order valence-corrected chi connectivity index (χ4v) is 2.89. The van der Waals surface area contributed by atoms with Gasteiger partial charge in [-0.2, -0.15) is 0 Å². The maximum Gasteiger partial charge on any atom is 0.220 e. The molecule has 2 aliphatic heterocycles. The highest BCUT2D eigenvalue weighted by atomic mass is 16.3. The van der Waals surface area contributed by atoms with Crippen LogP contribution in [0.1, 0.15) is 19.3 Å². The van der Waals surface area contributed by atoms with E-state index in [4.69, 9.17) is 0 Å². The second kappa shape index (κ2) is 5.33.